The van der Waals surface area contributed by atoms with Gasteiger partial charge in [-0.05, 0) is 31.4 Å². The van der Waals surface area contributed by atoms with Gasteiger partial charge in [0.25, 0.3) is 0 Å². The fourth-order valence-corrected chi connectivity index (χ4v) is 2.86. The Morgan fingerprint density at radius 3 is 2.76 bits per heavy atom. The standard InChI is InChI=1S/C15H21NO/c1-2-6-13(7-3-1)11-16-9-5-4-8-14(16)10-15-12-17-15/h1-3,6-7,14-15H,4-5,8-12H2. The number of hydrogen-bond donors (Lipinski definition) is 0. The van der Waals surface area contributed by atoms with Crippen LogP contribution in [-0.4, -0.2) is 30.2 Å². The van der Waals surface area contributed by atoms with Crippen molar-refractivity contribution in [3.63, 3.8) is 0 Å². The highest BCUT2D eigenvalue weighted by Gasteiger charge is 2.31. The number of nitrogens with zero attached hydrogens (tertiary/aromatic N) is 1. The molecular formula is C15H21NO. The molecule has 2 nitrogen and oxygen atoms in total. The molecule has 1 aromatic carbocycles. The third-order valence-electron chi connectivity index (χ3n) is 3.91. The Morgan fingerprint density at radius 1 is 1.18 bits per heavy atom. The van der Waals surface area contributed by atoms with E-state index in [1.54, 1.807) is 0 Å². The Balaban J connectivity index is 1.62. The molecule has 92 valence electrons. The minimum Gasteiger partial charge on any atom is -0.373 e. The van der Waals surface area contributed by atoms with Crippen molar-refractivity contribution in [2.24, 2.45) is 0 Å². The van der Waals surface area contributed by atoms with Gasteiger partial charge in [-0.2, -0.15) is 0 Å². The molecule has 17 heavy (non-hydrogen) atoms. The van der Waals surface area contributed by atoms with E-state index in [2.05, 4.69) is 35.2 Å². The van der Waals surface area contributed by atoms with Crippen LogP contribution in [0.4, 0.5) is 0 Å². The van der Waals surface area contributed by atoms with Gasteiger partial charge >= 0.3 is 0 Å². The Hall–Kier alpha value is -0.860. The largest absolute Gasteiger partial charge is 0.373 e. The van der Waals surface area contributed by atoms with Crippen LogP contribution in [0.25, 0.3) is 0 Å². The van der Waals surface area contributed by atoms with Gasteiger partial charge in [0.2, 0.25) is 0 Å². The summed E-state index contributed by atoms with van der Waals surface area (Å²) >= 11 is 0. The first-order valence-electron chi connectivity index (χ1n) is 6.81. The third-order valence-corrected chi connectivity index (χ3v) is 3.91. The van der Waals surface area contributed by atoms with Crippen LogP contribution in [0.3, 0.4) is 0 Å². The SMILES string of the molecule is c1ccc(CN2CCCCC2CC2CO2)cc1. The predicted octanol–water partition coefficient (Wildman–Crippen LogP) is 2.83. The predicted molar refractivity (Wildman–Crippen MR) is 68.8 cm³/mol. The highest BCUT2D eigenvalue weighted by molar-refractivity contribution is 5.14. The van der Waals surface area contributed by atoms with Gasteiger partial charge in [-0.1, -0.05) is 36.8 Å². The van der Waals surface area contributed by atoms with Gasteiger partial charge in [0.05, 0.1) is 12.7 Å². The monoisotopic (exact) mass is 231 g/mol. The molecule has 2 atom stereocenters. The van der Waals surface area contributed by atoms with E-state index in [0.717, 1.165) is 19.2 Å². The van der Waals surface area contributed by atoms with Crippen LogP contribution in [0.15, 0.2) is 30.3 Å². The van der Waals surface area contributed by atoms with E-state index in [1.807, 2.05) is 0 Å². The Morgan fingerprint density at radius 2 is 2.00 bits per heavy atom. The second-order valence-electron chi connectivity index (χ2n) is 5.30. The van der Waals surface area contributed by atoms with Crippen LogP contribution in [0, 0.1) is 0 Å². The fraction of sp³-hybridized carbons (Fsp3) is 0.600. The molecule has 2 heteroatoms. The molecule has 2 fully saturated rings. The average molecular weight is 231 g/mol. The van der Waals surface area contributed by atoms with Crippen LogP contribution in [0.1, 0.15) is 31.2 Å². The van der Waals surface area contributed by atoms with Crippen molar-refractivity contribution in [1.82, 2.24) is 4.90 Å². The van der Waals surface area contributed by atoms with Crippen molar-refractivity contribution in [3.05, 3.63) is 35.9 Å². The molecular weight excluding hydrogens is 210 g/mol. The Bertz CT molecular complexity index is 347. The first-order valence-corrected chi connectivity index (χ1v) is 6.81. The maximum atomic E-state index is 5.38. The van der Waals surface area contributed by atoms with Crippen LogP contribution >= 0.6 is 0 Å². The number of piperidine rings is 1. The summed E-state index contributed by atoms with van der Waals surface area (Å²) in [6.45, 7) is 3.36. The van der Waals surface area contributed by atoms with Gasteiger partial charge in [0.15, 0.2) is 0 Å². The van der Waals surface area contributed by atoms with Crippen LogP contribution in [0.5, 0.6) is 0 Å². The summed E-state index contributed by atoms with van der Waals surface area (Å²) in [5.74, 6) is 0. The van der Waals surface area contributed by atoms with Gasteiger partial charge in [-0.25, -0.2) is 0 Å². The second-order valence-corrected chi connectivity index (χ2v) is 5.30. The zero-order chi connectivity index (χ0) is 11.5. The number of likely N-dealkylation sites (tertiary alicyclic amines) is 1. The first kappa shape index (κ1) is 11.2. The minimum atomic E-state index is 0.566. The first-order chi connectivity index (χ1) is 8.42. The van der Waals surface area contributed by atoms with E-state index < -0.39 is 0 Å². The summed E-state index contributed by atoms with van der Waals surface area (Å²) in [6, 6.07) is 11.6. The summed E-state index contributed by atoms with van der Waals surface area (Å²) in [5.41, 5.74) is 1.44. The molecule has 0 spiro atoms. The quantitative estimate of drug-likeness (QED) is 0.741. The van der Waals surface area contributed by atoms with Crippen molar-refractivity contribution < 1.29 is 4.74 Å². The molecule has 2 heterocycles. The van der Waals surface area contributed by atoms with Crippen LogP contribution in [-0.2, 0) is 11.3 Å². The molecule has 0 aromatic heterocycles. The lowest BCUT2D eigenvalue weighted by molar-refractivity contribution is 0.124. The molecule has 0 amide bonds. The van der Waals surface area contributed by atoms with E-state index in [0.29, 0.717) is 6.10 Å². The molecule has 2 aliphatic heterocycles. The summed E-state index contributed by atoms with van der Waals surface area (Å²) < 4.78 is 5.38. The molecule has 0 N–H and O–H groups in total. The maximum Gasteiger partial charge on any atom is 0.0824 e. The molecule has 0 saturated carbocycles. The molecule has 2 unspecified atom stereocenters. The summed E-state index contributed by atoms with van der Waals surface area (Å²) in [4.78, 5) is 2.65. The number of benzene rings is 1. The maximum absolute atomic E-state index is 5.38. The van der Waals surface area contributed by atoms with Crippen molar-refractivity contribution >= 4 is 0 Å². The van der Waals surface area contributed by atoms with Gasteiger partial charge in [-0.3, -0.25) is 4.90 Å². The highest BCUT2D eigenvalue weighted by Crippen LogP contribution is 2.27. The van der Waals surface area contributed by atoms with E-state index in [4.69, 9.17) is 4.74 Å². The summed E-state index contributed by atoms with van der Waals surface area (Å²) in [6.07, 6.45) is 5.91. The molecule has 2 saturated heterocycles. The summed E-state index contributed by atoms with van der Waals surface area (Å²) in [5, 5.41) is 0. The Labute approximate surface area is 104 Å². The van der Waals surface area contributed by atoms with Gasteiger partial charge in [0, 0.05) is 12.6 Å². The van der Waals surface area contributed by atoms with Crippen LogP contribution in [0.2, 0.25) is 0 Å². The molecule has 2 aliphatic rings. The van der Waals surface area contributed by atoms with Crippen molar-refractivity contribution in [3.8, 4) is 0 Å². The van der Waals surface area contributed by atoms with E-state index >= 15 is 0 Å². The van der Waals surface area contributed by atoms with E-state index in [9.17, 15) is 0 Å². The average Bonchev–Trinajstić information content (AvgIpc) is 3.17. The van der Waals surface area contributed by atoms with E-state index in [-0.39, 0.29) is 0 Å². The zero-order valence-corrected chi connectivity index (χ0v) is 10.3. The number of ether oxygens (including phenoxy) is 1. The second kappa shape index (κ2) is 5.19. The van der Waals surface area contributed by atoms with E-state index in [1.165, 1.54) is 37.8 Å². The molecule has 0 aliphatic carbocycles. The lowest BCUT2D eigenvalue weighted by Crippen LogP contribution is -2.39. The number of hydrogen-bond acceptors (Lipinski definition) is 2. The van der Waals surface area contributed by atoms with Crippen molar-refractivity contribution in [1.29, 1.82) is 0 Å². The van der Waals surface area contributed by atoms with Crippen molar-refractivity contribution in [2.45, 2.75) is 44.4 Å². The molecule has 3 rings (SSSR count). The van der Waals surface area contributed by atoms with Gasteiger partial charge < -0.3 is 4.74 Å². The molecule has 0 radical (unpaired) electrons. The van der Waals surface area contributed by atoms with Gasteiger partial charge in [-0.15, -0.1) is 0 Å². The fourth-order valence-electron chi connectivity index (χ4n) is 2.86. The molecule has 0 bridgehead atoms. The third kappa shape index (κ3) is 3.08. The Kier molecular flexibility index (Phi) is 3.44. The van der Waals surface area contributed by atoms with Crippen LogP contribution < -0.4 is 0 Å². The lowest BCUT2D eigenvalue weighted by atomic mass is 9.97. The minimum absolute atomic E-state index is 0.566. The lowest BCUT2D eigenvalue weighted by Gasteiger charge is -2.35. The smallest absolute Gasteiger partial charge is 0.0824 e. The normalized spacial score (nSPS) is 29.2. The number of rotatable bonds is 4. The zero-order valence-electron chi connectivity index (χ0n) is 10.3. The van der Waals surface area contributed by atoms with Crippen molar-refractivity contribution in [2.75, 3.05) is 13.2 Å². The van der Waals surface area contributed by atoms with Gasteiger partial charge in [0.1, 0.15) is 0 Å². The number of epoxide rings is 1. The highest BCUT2D eigenvalue weighted by atomic mass is 16.6. The molecule has 1 aromatic rings. The summed E-state index contributed by atoms with van der Waals surface area (Å²) in [7, 11) is 0. The topological polar surface area (TPSA) is 15.8 Å².